The summed E-state index contributed by atoms with van der Waals surface area (Å²) >= 11 is 0. The van der Waals surface area contributed by atoms with E-state index in [4.69, 9.17) is 14.7 Å². The Morgan fingerprint density at radius 2 is 1.81 bits per heavy atom. The van der Waals surface area contributed by atoms with E-state index in [1.165, 1.54) is 0 Å². The molecular weight excluding hydrogens is 338 g/mol. The van der Waals surface area contributed by atoms with Crippen molar-refractivity contribution in [1.82, 2.24) is 9.97 Å². The van der Waals surface area contributed by atoms with Crippen LogP contribution < -0.4 is 5.32 Å². The maximum atomic E-state index is 12.0. The maximum absolute atomic E-state index is 12.0. The lowest BCUT2D eigenvalue weighted by Crippen LogP contribution is -2.07. The Bertz CT molecular complexity index is 936. The quantitative estimate of drug-likeness (QED) is 0.565. The Morgan fingerprint density at radius 1 is 1.04 bits per heavy atom. The lowest BCUT2D eigenvalue weighted by molar-refractivity contribution is 0.0526. The third kappa shape index (κ3) is 4.25. The van der Waals surface area contributed by atoms with E-state index in [1.54, 1.807) is 19.1 Å². The Balaban J connectivity index is 2.01. The van der Waals surface area contributed by atoms with E-state index in [2.05, 4.69) is 19.2 Å². The van der Waals surface area contributed by atoms with Crippen molar-refractivity contribution in [2.75, 3.05) is 11.9 Å². The van der Waals surface area contributed by atoms with Gasteiger partial charge in [-0.05, 0) is 50.1 Å². The minimum Gasteiger partial charge on any atom is -0.462 e. The number of benzene rings is 2. The number of nitrogens with one attached hydrogen (secondary N) is 1. The van der Waals surface area contributed by atoms with Crippen LogP contribution in [-0.4, -0.2) is 22.5 Å². The van der Waals surface area contributed by atoms with Crippen LogP contribution in [0.2, 0.25) is 0 Å². The topological polar surface area (TPSA) is 64.1 Å². The van der Waals surface area contributed by atoms with Crippen LogP contribution in [0.3, 0.4) is 0 Å². The molecule has 5 nitrogen and oxygen atoms in total. The molecule has 3 aromatic rings. The first-order valence-electron chi connectivity index (χ1n) is 9.47. The molecule has 3 rings (SSSR count). The molecule has 140 valence electrons. The van der Waals surface area contributed by atoms with E-state index < -0.39 is 0 Å². The smallest absolute Gasteiger partial charge is 0.338 e. The van der Waals surface area contributed by atoms with Gasteiger partial charge in [0.2, 0.25) is 0 Å². The Kier molecular flexibility index (Phi) is 6.01. The van der Waals surface area contributed by atoms with E-state index in [1.807, 2.05) is 36.4 Å². The van der Waals surface area contributed by atoms with Crippen LogP contribution in [0.15, 0.2) is 48.5 Å². The van der Waals surface area contributed by atoms with Gasteiger partial charge in [-0.25, -0.2) is 14.8 Å². The predicted octanol–water partition coefficient (Wildman–Crippen LogP) is 5.45. The summed E-state index contributed by atoms with van der Waals surface area (Å²) in [5.41, 5.74) is 2.22. The number of hydrogen-bond donors (Lipinski definition) is 1. The molecule has 0 aliphatic carbocycles. The lowest BCUT2D eigenvalue weighted by Gasteiger charge is -2.15. The molecule has 0 bridgehead atoms. The van der Waals surface area contributed by atoms with E-state index in [-0.39, 0.29) is 5.97 Å². The summed E-state index contributed by atoms with van der Waals surface area (Å²) in [4.78, 5) is 21.6. The standard InChI is InChI=1S/C22H25N3O2/c1-4-15(5-2)20-24-19-13-8-7-12-18(19)21(25-20)23-17-11-9-10-16(14-17)22(26)27-6-3/h7-15H,4-6H2,1-3H3,(H,23,24,25). The van der Waals surface area contributed by atoms with E-state index >= 15 is 0 Å². The summed E-state index contributed by atoms with van der Waals surface area (Å²) < 4.78 is 5.09. The normalized spacial score (nSPS) is 11.0. The van der Waals surface area contributed by atoms with E-state index in [9.17, 15) is 4.79 Å². The number of fused-ring (bicyclic) bond motifs is 1. The zero-order valence-corrected chi connectivity index (χ0v) is 16.0. The van der Waals surface area contributed by atoms with Crippen LogP contribution in [0.4, 0.5) is 11.5 Å². The Morgan fingerprint density at radius 3 is 2.56 bits per heavy atom. The number of aromatic nitrogens is 2. The average molecular weight is 363 g/mol. The van der Waals surface area contributed by atoms with E-state index in [0.717, 1.165) is 41.1 Å². The van der Waals surface area contributed by atoms with Crippen molar-refractivity contribution in [2.24, 2.45) is 0 Å². The molecule has 0 aliphatic heterocycles. The van der Waals surface area contributed by atoms with Gasteiger partial charge in [0.05, 0.1) is 17.7 Å². The molecule has 0 amide bonds. The van der Waals surface area contributed by atoms with Gasteiger partial charge in [0.25, 0.3) is 0 Å². The molecule has 27 heavy (non-hydrogen) atoms. The Labute approximate surface area is 159 Å². The molecule has 0 radical (unpaired) electrons. The van der Waals surface area contributed by atoms with Gasteiger partial charge in [-0.1, -0.05) is 32.0 Å². The van der Waals surface area contributed by atoms with Crippen molar-refractivity contribution in [3.05, 3.63) is 59.9 Å². The average Bonchev–Trinajstić information content (AvgIpc) is 2.69. The number of esters is 1. The van der Waals surface area contributed by atoms with Crippen molar-refractivity contribution in [2.45, 2.75) is 39.5 Å². The molecule has 5 heteroatoms. The summed E-state index contributed by atoms with van der Waals surface area (Å²) in [6.45, 7) is 6.46. The highest BCUT2D eigenvalue weighted by Crippen LogP contribution is 2.28. The molecule has 1 aromatic heterocycles. The molecule has 0 aliphatic rings. The van der Waals surface area contributed by atoms with Gasteiger partial charge in [-0.2, -0.15) is 0 Å². The van der Waals surface area contributed by atoms with Gasteiger partial charge in [0, 0.05) is 17.0 Å². The first kappa shape index (κ1) is 18.8. The van der Waals surface area contributed by atoms with Gasteiger partial charge in [0.15, 0.2) is 0 Å². The number of carbonyl (C=O) groups excluding carboxylic acids is 1. The van der Waals surface area contributed by atoms with E-state index in [0.29, 0.717) is 18.1 Å². The first-order valence-corrected chi connectivity index (χ1v) is 9.47. The summed E-state index contributed by atoms with van der Waals surface area (Å²) in [5, 5.41) is 4.32. The van der Waals surface area contributed by atoms with Crippen LogP contribution >= 0.6 is 0 Å². The van der Waals surface area contributed by atoms with Gasteiger partial charge in [-0.3, -0.25) is 0 Å². The highest BCUT2D eigenvalue weighted by molar-refractivity contribution is 5.93. The van der Waals surface area contributed by atoms with Crippen molar-refractivity contribution >= 4 is 28.4 Å². The molecule has 1 N–H and O–H groups in total. The molecule has 0 fully saturated rings. The van der Waals surface area contributed by atoms with Crippen LogP contribution in [0.5, 0.6) is 0 Å². The fourth-order valence-corrected chi connectivity index (χ4v) is 3.10. The third-order valence-electron chi connectivity index (χ3n) is 4.61. The molecule has 0 saturated carbocycles. The van der Waals surface area contributed by atoms with Gasteiger partial charge < -0.3 is 10.1 Å². The largest absolute Gasteiger partial charge is 0.462 e. The number of carbonyl (C=O) groups is 1. The van der Waals surface area contributed by atoms with Crippen molar-refractivity contribution < 1.29 is 9.53 Å². The zero-order chi connectivity index (χ0) is 19.2. The van der Waals surface area contributed by atoms with Crippen LogP contribution in [0, 0.1) is 0 Å². The van der Waals surface area contributed by atoms with Gasteiger partial charge in [-0.15, -0.1) is 0 Å². The Hall–Kier alpha value is -2.95. The molecule has 0 atom stereocenters. The summed E-state index contributed by atoms with van der Waals surface area (Å²) in [6, 6.07) is 15.2. The maximum Gasteiger partial charge on any atom is 0.338 e. The fraction of sp³-hybridized carbons (Fsp3) is 0.318. The zero-order valence-electron chi connectivity index (χ0n) is 16.0. The number of ether oxygens (including phenoxy) is 1. The third-order valence-corrected chi connectivity index (χ3v) is 4.61. The van der Waals surface area contributed by atoms with Gasteiger partial charge >= 0.3 is 5.97 Å². The molecule has 0 unspecified atom stereocenters. The van der Waals surface area contributed by atoms with Crippen molar-refractivity contribution in [3.63, 3.8) is 0 Å². The van der Waals surface area contributed by atoms with Crippen LogP contribution in [-0.2, 0) is 4.74 Å². The molecule has 0 saturated heterocycles. The minimum atomic E-state index is -0.327. The fourth-order valence-electron chi connectivity index (χ4n) is 3.10. The molecular formula is C22H25N3O2. The summed E-state index contributed by atoms with van der Waals surface area (Å²) in [6.07, 6.45) is 1.99. The summed E-state index contributed by atoms with van der Waals surface area (Å²) in [7, 11) is 0. The minimum absolute atomic E-state index is 0.320. The number of rotatable bonds is 7. The highest BCUT2D eigenvalue weighted by atomic mass is 16.5. The predicted molar refractivity (Wildman–Crippen MR) is 109 cm³/mol. The van der Waals surface area contributed by atoms with Crippen LogP contribution in [0.25, 0.3) is 10.9 Å². The molecule has 1 heterocycles. The monoisotopic (exact) mass is 363 g/mol. The molecule has 2 aromatic carbocycles. The highest BCUT2D eigenvalue weighted by Gasteiger charge is 2.15. The number of hydrogen-bond acceptors (Lipinski definition) is 5. The lowest BCUT2D eigenvalue weighted by atomic mass is 10.0. The van der Waals surface area contributed by atoms with Crippen LogP contribution in [0.1, 0.15) is 55.7 Å². The second kappa shape index (κ2) is 8.62. The molecule has 0 spiro atoms. The number of nitrogens with zero attached hydrogens (tertiary/aromatic N) is 2. The van der Waals surface area contributed by atoms with Gasteiger partial charge in [0.1, 0.15) is 11.6 Å². The number of para-hydroxylation sites is 1. The SMILES string of the molecule is CCOC(=O)c1cccc(Nc2nc(C(CC)CC)nc3ccccc23)c1. The van der Waals surface area contributed by atoms with Crippen molar-refractivity contribution in [3.8, 4) is 0 Å². The van der Waals surface area contributed by atoms with Crippen molar-refractivity contribution in [1.29, 1.82) is 0 Å². The second-order valence-corrected chi connectivity index (χ2v) is 6.39. The first-order chi connectivity index (χ1) is 13.2. The number of anilines is 2. The second-order valence-electron chi connectivity index (χ2n) is 6.39. The summed E-state index contributed by atoms with van der Waals surface area (Å²) in [5.74, 6) is 1.60.